The highest BCUT2D eigenvalue weighted by molar-refractivity contribution is 5.79. The van der Waals surface area contributed by atoms with Gasteiger partial charge in [-0.1, -0.05) is 0 Å². The first-order valence-electron chi connectivity index (χ1n) is 9.14. The van der Waals surface area contributed by atoms with Crippen molar-refractivity contribution in [1.82, 2.24) is 19.2 Å². The van der Waals surface area contributed by atoms with Crippen LogP contribution >= 0.6 is 0 Å². The summed E-state index contributed by atoms with van der Waals surface area (Å²) >= 11 is 0. The monoisotopic (exact) mass is 326 g/mol. The Morgan fingerprint density at radius 3 is 2.54 bits per heavy atom. The van der Waals surface area contributed by atoms with E-state index in [-0.39, 0.29) is 12.0 Å². The highest BCUT2D eigenvalue weighted by Crippen LogP contribution is 2.38. The van der Waals surface area contributed by atoms with E-state index in [0.717, 1.165) is 45.1 Å². The van der Waals surface area contributed by atoms with Crippen molar-refractivity contribution in [3.63, 3.8) is 0 Å². The lowest BCUT2D eigenvalue weighted by atomic mass is 9.85. The molecule has 1 saturated carbocycles. The molecule has 24 heavy (non-hydrogen) atoms. The first-order valence-corrected chi connectivity index (χ1v) is 9.14. The number of hydrogen-bond acceptors (Lipinski definition) is 2. The summed E-state index contributed by atoms with van der Waals surface area (Å²) in [6.07, 6.45) is 14.7. The zero-order valence-electron chi connectivity index (χ0n) is 14.3. The van der Waals surface area contributed by atoms with Gasteiger partial charge in [0.25, 0.3) is 0 Å². The predicted octanol–water partition coefficient (Wildman–Crippen LogP) is 3.32. The average molecular weight is 326 g/mol. The number of hydrogen-bond donors (Lipinski definition) is 0. The first-order chi connectivity index (χ1) is 11.7. The van der Waals surface area contributed by atoms with Crippen molar-refractivity contribution < 1.29 is 4.79 Å². The van der Waals surface area contributed by atoms with E-state index in [0.29, 0.717) is 11.9 Å². The average Bonchev–Trinajstić information content (AvgIpc) is 3.35. The fourth-order valence-corrected chi connectivity index (χ4v) is 4.44. The van der Waals surface area contributed by atoms with E-state index in [1.807, 2.05) is 17.9 Å². The number of rotatable bonds is 3. The summed E-state index contributed by atoms with van der Waals surface area (Å²) in [6.45, 7) is 0.899. The quantitative estimate of drug-likeness (QED) is 0.868. The summed E-state index contributed by atoms with van der Waals surface area (Å²) in [5, 5.41) is 4.28. The van der Waals surface area contributed by atoms with Crippen LogP contribution in [-0.2, 0) is 11.8 Å². The van der Waals surface area contributed by atoms with E-state index >= 15 is 0 Å². The third-order valence-corrected chi connectivity index (χ3v) is 5.74. The molecule has 0 bridgehead atoms. The molecule has 1 amide bonds. The van der Waals surface area contributed by atoms with Crippen molar-refractivity contribution in [2.75, 3.05) is 6.54 Å². The summed E-state index contributed by atoms with van der Waals surface area (Å²) in [5.41, 5.74) is 1.18. The molecular formula is C19H26N4O. The van der Waals surface area contributed by atoms with Crippen LogP contribution in [0.5, 0.6) is 0 Å². The van der Waals surface area contributed by atoms with Crippen molar-refractivity contribution in [2.24, 2.45) is 13.0 Å². The lowest BCUT2D eigenvalue weighted by Crippen LogP contribution is -2.37. The van der Waals surface area contributed by atoms with E-state index in [1.165, 1.54) is 5.56 Å². The second-order valence-electron chi connectivity index (χ2n) is 7.27. The van der Waals surface area contributed by atoms with Crippen LogP contribution in [0, 0.1) is 5.92 Å². The molecule has 0 radical (unpaired) electrons. The van der Waals surface area contributed by atoms with Gasteiger partial charge in [-0.15, -0.1) is 0 Å². The van der Waals surface area contributed by atoms with Gasteiger partial charge >= 0.3 is 0 Å². The summed E-state index contributed by atoms with van der Waals surface area (Å²) in [7, 11) is 1.94. The minimum Gasteiger partial charge on any atom is -0.351 e. The van der Waals surface area contributed by atoms with Crippen molar-refractivity contribution in [3.8, 4) is 0 Å². The lowest BCUT2D eigenvalue weighted by molar-refractivity contribution is -0.137. The standard InChI is InChI=1S/C19H26N4O/c1-21-14-16(13-20-21)18-5-4-12-23(18)19(24)15-6-8-17(9-7-15)22-10-2-3-11-22/h2-3,10-11,13-15,17-18H,4-9,12H2,1H3/t15?,17?,18-/m1/s1. The number of likely N-dealkylation sites (tertiary alicyclic amines) is 1. The van der Waals surface area contributed by atoms with Crippen LogP contribution in [0.4, 0.5) is 0 Å². The van der Waals surface area contributed by atoms with Crippen LogP contribution in [0.3, 0.4) is 0 Å². The second kappa shape index (κ2) is 6.46. The molecule has 4 rings (SSSR count). The Morgan fingerprint density at radius 2 is 1.88 bits per heavy atom. The van der Waals surface area contributed by atoms with E-state index < -0.39 is 0 Å². The Hall–Kier alpha value is -2.04. The Balaban J connectivity index is 1.40. The number of carbonyl (C=O) groups excluding carboxylic acids is 1. The van der Waals surface area contributed by atoms with Gasteiger partial charge in [0.05, 0.1) is 12.2 Å². The molecule has 2 aliphatic rings. The molecule has 2 fully saturated rings. The number of aromatic nitrogens is 3. The summed E-state index contributed by atoms with van der Waals surface area (Å²) < 4.78 is 4.13. The summed E-state index contributed by atoms with van der Waals surface area (Å²) in [4.78, 5) is 15.2. The SMILES string of the molecule is Cn1cc([C@H]2CCCN2C(=O)C2CCC(n3cccc3)CC2)cn1. The molecule has 0 spiro atoms. The van der Waals surface area contributed by atoms with Crippen LogP contribution in [0.1, 0.15) is 56.2 Å². The zero-order chi connectivity index (χ0) is 16.5. The molecule has 2 aromatic heterocycles. The molecule has 1 atom stereocenters. The van der Waals surface area contributed by atoms with E-state index in [9.17, 15) is 4.79 Å². The number of aryl methyl sites for hydroxylation is 1. The maximum absolute atomic E-state index is 13.1. The molecule has 5 heteroatoms. The molecule has 3 heterocycles. The van der Waals surface area contributed by atoms with Crippen LogP contribution in [0.25, 0.3) is 0 Å². The largest absolute Gasteiger partial charge is 0.351 e. The van der Waals surface area contributed by atoms with Gasteiger partial charge < -0.3 is 9.47 Å². The Morgan fingerprint density at radius 1 is 1.12 bits per heavy atom. The maximum atomic E-state index is 13.1. The molecule has 1 aliphatic heterocycles. The van der Waals surface area contributed by atoms with E-state index in [2.05, 4.69) is 45.3 Å². The minimum absolute atomic E-state index is 0.203. The maximum Gasteiger partial charge on any atom is 0.226 e. The van der Waals surface area contributed by atoms with Crippen LogP contribution in [-0.4, -0.2) is 31.7 Å². The molecule has 2 aromatic rings. The highest BCUT2D eigenvalue weighted by Gasteiger charge is 2.36. The molecular weight excluding hydrogens is 300 g/mol. The van der Waals surface area contributed by atoms with Gasteiger partial charge in [-0.3, -0.25) is 9.48 Å². The molecule has 128 valence electrons. The van der Waals surface area contributed by atoms with Gasteiger partial charge in [-0.2, -0.15) is 5.10 Å². The van der Waals surface area contributed by atoms with Crippen molar-refractivity contribution in [3.05, 3.63) is 42.5 Å². The molecule has 1 saturated heterocycles. The second-order valence-corrected chi connectivity index (χ2v) is 7.27. The topological polar surface area (TPSA) is 43.1 Å². The van der Waals surface area contributed by atoms with Crippen LogP contribution < -0.4 is 0 Å². The fraction of sp³-hybridized carbons (Fsp3) is 0.579. The van der Waals surface area contributed by atoms with Gasteiger partial charge in [0.2, 0.25) is 5.91 Å². The van der Waals surface area contributed by atoms with Gasteiger partial charge in [0.15, 0.2) is 0 Å². The van der Waals surface area contributed by atoms with E-state index in [1.54, 1.807) is 0 Å². The number of carbonyl (C=O) groups is 1. The number of amides is 1. The minimum atomic E-state index is 0.203. The number of nitrogens with zero attached hydrogens (tertiary/aromatic N) is 4. The lowest BCUT2D eigenvalue weighted by Gasteiger charge is -2.33. The van der Waals surface area contributed by atoms with E-state index in [4.69, 9.17) is 0 Å². The summed E-state index contributed by atoms with van der Waals surface area (Å²) in [5.74, 6) is 0.571. The molecule has 5 nitrogen and oxygen atoms in total. The van der Waals surface area contributed by atoms with Gasteiger partial charge in [-0.25, -0.2) is 0 Å². The molecule has 0 aromatic carbocycles. The zero-order valence-corrected chi connectivity index (χ0v) is 14.3. The Labute approximate surface area is 143 Å². The predicted molar refractivity (Wildman–Crippen MR) is 92.3 cm³/mol. The normalized spacial score (nSPS) is 27.5. The molecule has 1 aliphatic carbocycles. The van der Waals surface area contributed by atoms with Crippen molar-refractivity contribution >= 4 is 5.91 Å². The molecule has 0 unspecified atom stereocenters. The smallest absolute Gasteiger partial charge is 0.226 e. The summed E-state index contributed by atoms with van der Waals surface area (Å²) in [6, 6.07) is 4.96. The fourth-order valence-electron chi connectivity index (χ4n) is 4.44. The third-order valence-electron chi connectivity index (χ3n) is 5.74. The van der Waals surface area contributed by atoms with Gasteiger partial charge in [0.1, 0.15) is 0 Å². The van der Waals surface area contributed by atoms with Gasteiger partial charge in [0, 0.05) is 49.7 Å². The van der Waals surface area contributed by atoms with Crippen LogP contribution in [0.15, 0.2) is 36.9 Å². The third kappa shape index (κ3) is 2.87. The highest BCUT2D eigenvalue weighted by atomic mass is 16.2. The van der Waals surface area contributed by atoms with Crippen molar-refractivity contribution in [2.45, 2.75) is 50.6 Å². The Bertz CT molecular complexity index is 682. The van der Waals surface area contributed by atoms with Crippen LogP contribution in [0.2, 0.25) is 0 Å². The van der Waals surface area contributed by atoms with Crippen molar-refractivity contribution in [1.29, 1.82) is 0 Å². The van der Waals surface area contributed by atoms with Gasteiger partial charge in [-0.05, 0) is 50.7 Å². The Kier molecular flexibility index (Phi) is 4.17. The first kappa shape index (κ1) is 15.5. The molecule has 0 N–H and O–H groups in total.